The zero-order valence-corrected chi connectivity index (χ0v) is 13.2. The molecule has 0 saturated carbocycles. The number of oxime groups is 1. The van der Waals surface area contributed by atoms with Gasteiger partial charge in [-0.3, -0.25) is 0 Å². The van der Waals surface area contributed by atoms with Crippen LogP contribution in [0.5, 0.6) is 16.7 Å². The van der Waals surface area contributed by atoms with Crippen molar-refractivity contribution < 1.29 is 14.7 Å². The second-order valence-corrected chi connectivity index (χ2v) is 6.10. The van der Waals surface area contributed by atoms with Crippen molar-refractivity contribution in [1.82, 2.24) is 4.98 Å². The SMILES string of the molecule is CC(C)COc1ccc(Oc2ncc(/C=N/O)s2)c(Cl)c1. The normalized spacial score (nSPS) is 11.2. The van der Waals surface area contributed by atoms with Crippen LogP contribution in [0.25, 0.3) is 0 Å². The molecular formula is C14H15ClN2O3S. The number of rotatable bonds is 6. The van der Waals surface area contributed by atoms with E-state index in [0.717, 1.165) is 0 Å². The van der Waals surface area contributed by atoms with E-state index in [1.54, 1.807) is 24.4 Å². The molecule has 0 aliphatic carbocycles. The number of thiazole rings is 1. The molecule has 0 bridgehead atoms. The number of benzene rings is 1. The van der Waals surface area contributed by atoms with Gasteiger partial charge in [0.2, 0.25) is 0 Å². The average molecular weight is 327 g/mol. The fourth-order valence-electron chi connectivity index (χ4n) is 1.44. The summed E-state index contributed by atoms with van der Waals surface area (Å²) in [4.78, 5) is 4.74. The molecular weight excluding hydrogens is 312 g/mol. The summed E-state index contributed by atoms with van der Waals surface area (Å²) in [5, 5.41) is 12.3. The third-order valence-corrected chi connectivity index (χ3v) is 3.48. The van der Waals surface area contributed by atoms with Gasteiger partial charge in [0.15, 0.2) is 0 Å². The third-order valence-electron chi connectivity index (χ3n) is 2.37. The van der Waals surface area contributed by atoms with E-state index in [2.05, 4.69) is 24.0 Å². The predicted molar refractivity (Wildman–Crippen MR) is 83.4 cm³/mol. The first-order chi connectivity index (χ1) is 10.1. The van der Waals surface area contributed by atoms with Gasteiger partial charge in [-0.25, -0.2) is 4.98 Å². The summed E-state index contributed by atoms with van der Waals surface area (Å²) < 4.78 is 11.2. The first-order valence-corrected chi connectivity index (χ1v) is 7.51. The smallest absolute Gasteiger partial charge is 0.279 e. The van der Waals surface area contributed by atoms with E-state index < -0.39 is 0 Å². The van der Waals surface area contributed by atoms with Crippen molar-refractivity contribution in [3.63, 3.8) is 0 Å². The van der Waals surface area contributed by atoms with Gasteiger partial charge in [0.25, 0.3) is 5.19 Å². The summed E-state index contributed by atoms with van der Waals surface area (Å²) in [7, 11) is 0. The maximum atomic E-state index is 8.46. The lowest BCUT2D eigenvalue weighted by Crippen LogP contribution is -2.04. The molecule has 0 amide bonds. The zero-order valence-electron chi connectivity index (χ0n) is 11.6. The van der Waals surface area contributed by atoms with Crippen LogP contribution in [-0.2, 0) is 0 Å². The summed E-state index contributed by atoms with van der Waals surface area (Å²) in [6.45, 7) is 4.79. The number of nitrogens with zero attached hydrogens (tertiary/aromatic N) is 2. The molecule has 5 nitrogen and oxygen atoms in total. The first-order valence-electron chi connectivity index (χ1n) is 6.32. The molecule has 0 aliphatic heterocycles. The molecule has 0 aliphatic rings. The lowest BCUT2D eigenvalue weighted by molar-refractivity contribution is 0.271. The van der Waals surface area contributed by atoms with Crippen LogP contribution in [0.2, 0.25) is 5.02 Å². The standard InChI is InChI=1S/C14H15ClN2O3S/c1-9(2)8-19-10-3-4-13(12(15)5-10)20-14-16-6-11(21-14)7-17-18/h3-7,9,18H,8H2,1-2H3/b17-7+. The second-order valence-electron chi connectivity index (χ2n) is 4.67. The molecule has 112 valence electrons. The molecule has 2 rings (SSSR count). The van der Waals surface area contributed by atoms with Crippen LogP contribution in [0, 0.1) is 5.92 Å². The fourth-order valence-corrected chi connectivity index (χ4v) is 2.30. The Morgan fingerprint density at radius 3 is 2.95 bits per heavy atom. The topological polar surface area (TPSA) is 63.9 Å². The van der Waals surface area contributed by atoms with Crippen LogP contribution in [0.1, 0.15) is 18.7 Å². The molecule has 0 fully saturated rings. The van der Waals surface area contributed by atoms with Crippen LogP contribution in [0.4, 0.5) is 0 Å². The average Bonchev–Trinajstić information content (AvgIpc) is 2.87. The highest BCUT2D eigenvalue weighted by Gasteiger charge is 2.08. The molecule has 1 heterocycles. The largest absolute Gasteiger partial charge is 0.493 e. The van der Waals surface area contributed by atoms with Crippen molar-refractivity contribution in [2.24, 2.45) is 11.1 Å². The summed E-state index contributed by atoms with van der Waals surface area (Å²) >= 11 is 7.41. The summed E-state index contributed by atoms with van der Waals surface area (Å²) in [6, 6.07) is 5.25. The van der Waals surface area contributed by atoms with Crippen molar-refractivity contribution in [3.8, 4) is 16.7 Å². The van der Waals surface area contributed by atoms with Crippen molar-refractivity contribution in [1.29, 1.82) is 0 Å². The van der Waals surface area contributed by atoms with Gasteiger partial charge in [-0.2, -0.15) is 0 Å². The van der Waals surface area contributed by atoms with E-state index in [-0.39, 0.29) is 0 Å². The van der Waals surface area contributed by atoms with Crippen LogP contribution in [0.3, 0.4) is 0 Å². The highest BCUT2D eigenvalue weighted by Crippen LogP contribution is 2.34. The fraction of sp³-hybridized carbons (Fsp3) is 0.286. The Hall–Kier alpha value is -1.79. The molecule has 7 heteroatoms. The van der Waals surface area contributed by atoms with E-state index in [1.165, 1.54) is 17.6 Å². The van der Waals surface area contributed by atoms with E-state index in [1.807, 2.05) is 0 Å². The Kier molecular flexibility index (Phi) is 5.41. The molecule has 0 saturated heterocycles. The molecule has 1 aromatic heterocycles. The summed E-state index contributed by atoms with van der Waals surface area (Å²) in [5.41, 5.74) is 0. The Morgan fingerprint density at radius 1 is 1.48 bits per heavy atom. The van der Waals surface area contributed by atoms with Crippen molar-refractivity contribution in [3.05, 3.63) is 34.3 Å². The number of hydrogen-bond donors (Lipinski definition) is 1. The van der Waals surface area contributed by atoms with Gasteiger partial charge in [-0.05, 0) is 18.1 Å². The van der Waals surface area contributed by atoms with E-state index in [4.69, 9.17) is 26.3 Å². The van der Waals surface area contributed by atoms with Gasteiger partial charge >= 0.3 is 0 Å². The lowest BCUT2D eigenvalue weighted by atomic mass is 10.2. The van der Waals surface area contributed by atoms with Gasteiger partial charge in [0.05, 0.1) is 28.9 Å². The van der Waals surface area contributed by atoms with Gasteiger partial charge in [0, 0.05) is 6.07 Å². The quantitative estimate of drug-likeness (QED) is 0.484. The Bertz CT molecular complexity index is 628. The van der Waals surface area contributed by atoms with Crippen molar-refractivity contribution in [2.45, 2.75) is 13.8 Å². The Balaban J connectivity index is 2.06. The second kappa shape index (κ2) is 7.28. The lowest BCUT2D eigenvalue weighted by Gasteiger charge is -2.10. The molecule has 0 atom stereocenters. The van der Waals surface area contributed by atoms with Gasteiger partial charge in [-0.15, -0.1) is 0 Å². The van der Waals surface area contributed by atoms with E-state index in [9.17, 15) is 0 Å². The number of ether oxygens (including phenoxy) is 2. The van der Waals surface area contributed by atoms with Gasteiger partial charge in [0.1, 0.15) is 11.5 Å². The molecule has 2 aromatic rings. The first kappa shape index (κ1) is 15.6. The molecule has 0 radical (unpaired) electrons. The number of aromatic nitrogens is 1. The highest BCUT2D eigenvalue weighted by atomic mass is 35.5. The van der Waals surface area contributed by atoms with Crippen LogP contribution >= 0.6 is 22.9 Å². The minimum atomic E-state index is 0.419. The van der Waals surface area contributed by atoms with Crippen LogP contribution < -0.4 is 9.47 Å². The van der Waals surface area contributed by atoms with Crippen LogP contribution in [-0.4, -0.2) is 23.0 Å². The number of hydrogen-bond acceptors (Lipinski definition) is 6. The minimum Gasteiger partial charge on any atom is -0.493 e. The monoisotopic (exact) mass is 326 g/mol. The van der Waals surface area contributed by atoms with Crippen molar-refractivity contribution in [2.75, 3.05) is 6.61 Å². The Labute approximate surface area is 131 Å². The molecule has 0 spiro atoms. The minimum absolute atomic E-state index is 0.419. The van der Waals surface area contributed by atoms with Crippen LogP contribution in [0.15, 0.2) is 29.6 Å². The van der Waals surface area contributed by atoms with E-state index >= 15 is 0 Å². The summed E-state index contributed by atoms with van der Waals surface area (Å²) in [5.74, 6) is 1.64. The summed E-state index contributed by atoms with van der Waals surface area (Å²) in [6.07, 6.45) is 2.84. The molecule has 1 aromatic carbocycles. The number of halogens is 1. The maximum absolute atomic E-state index is 8.46. The molecule has 21 heavy (non-hydrogen) atoms. The molecule has 1 N–H and O–H groups in total. The zero-order chi connectivity index (χ0) is 15.2. The highest BCUT2D eigenvalue weighted by molar-refractivity contribution is 7.15. The van der Waals surface area contributed by atoms with E-state index in [0.29, 0.717) is 39.1 Å². The van der Waals surface area contributed by atoms with Crippen molar-refractivity contribution >= 4 is 29.2 Å². The molecule has 0 unspecified atom stereocenters. The predicted octanol–water partition coefficient (Wildman–Crippen LogP) is 4.43. The van der Waals surface area contributed by atoms with Gasteiger partial charge in [-0.1, -0.05) is 41.9 Å². The maximum Gasteiger partial charge on any atom is 0.279 e. The Morgan fingerprint density at radius 2 is 2.29 bits per heavy atom. The van der Waals surface area contributed by atoms with Gasteiger partial charge < -0.3 is 14.7 Å². The third kappa shape index (κ3) is 4.61.